The number of carbonyl (C=O) groups is 2. The van der Waals surface area contributed by atoms with Crippen molar-refractivity contribution >= 4 is 35.2 Å². The molecule has 0 aliphatic heterocycles. The molecule has 4 nitrogen and oxygen atoms in total. The van der Waals surface area contributed by atoms with E-state index >= 15 is 0 Å². The molecule has 6 heteroatoms. The first kappa shape index (κ1) is 14.6. The van der Waals surface area contributed by atoms with Gasteiger partial charge >= 0.3 is 5.97 Å². The second-order valence-electron chi connectivity index (χ2n) is 2.88. The Labute approximate surface area is 98.8 Å². The summed E-state index contributed by atoms with van der Waals surface area (Å²) in [5.74, 6) is 0.590. The van der Waals surface area contributed by atoms with Crippen LogP contribution in [0.1, 0.15) is 19.8 Å². The number of nitrogens with one attached hydrogen (secondary N) is 1. The Morgan fingerprint density at radius 2 is 2.20 bits per heavy atom. The van der Waals surface area contributed by atoms with Crippen molar-refractivity contribution in [2.24, 2.45) is 0 Å². The van der Waals surface area contributed by atoms with E-state index in [4.69, 9.17) is 16.7 Å². The summed E-state index contributed by atoms with van der Waals surface area (Å²) in [6.07, 6.45) is 0.605. The molecular weight excluding hydrogens is 238 g/mol. The van der Waals surface area contributed by atoms with Gasteiger partial charge in [-0.25, -0.2) is 4.79 Å². The lowest BCUT2D eigenvalue weighted by Gasteiger charge is -2.13. The third-order valence-electron chi connectivity index (χ3n) is 1.71. The third-order valence-corrected chi connectivity index (χ3v) is 2.83. The zero-order chi connectivity index (χ0) is 11.7. The number of aliphatic carboxylic acids is 1. The SMILES string of the molecule is CCSCCC(NC(=O)CCCl)C(=O)O. The summed E-state index contributed by atoms with van der Waals surface area (Å²) in [4.78, 5) is 21.9. The zero-order valence-corrected chi connectivity index (χ0v) is 10.2. The van der Waals surface area contributed by atoms with Gasteiger partial charge in [-0.1, -0.05) is 6.92 Å². The molecule has 0 aromatic heterocycles. The standard InChI is InChI=1S/C9H16ClNO3S/c1-2-15-6-4-7(9(13)14)11-8(12)3-5-10/h7H,2-6H2,1H3,(H,11,12)(H,13,14). The minimum Gasteiger partial charge on any atom is -0.480 e. The molecule has 0 saturated heterocycles. The molecule has 0 saturated carbocycles. The fraction of sp³-hybridized carbons (Fsp3) is 0.778. The highest BCUT2D eigenvalue weighted by Gasteiger charge is 2.18. The van der Waals surface area contributed by atoms with Crippen molar-refractivity contribution in [3.8, 4) is 0 Å². The summed E-state index contributed by atoms with van der Waals surface area (Å²) in [6.45, 7) is 2.01. The summed E-state index contributed by atoms with van der Waals surface area (Å²) in [5.41, 5.74) is 0. The molecule has 0 aliphatic carbocycles. The van der Waals surface area contributed by atoms with Crippen LogP contribution in [-0.2, 0) is 9.59 Å². The average molecular weight is 254 g/mol. The number of thioether (sulfide) groups is 1. The third kappa shape index (κ3) is 7.50. The van der Waals surface area contributed by atoms with Crippen molar-refractivity contribution < 1.29 is 14.7 Å². The Morgan fingerprint density at radius 1 is 1.53 bits per heavy atom. The number of carbonyl (C=O) groups excluding carboxylic acids is 1. The van der Waals surface area contributed by atoms with Gasteiger partial charge in [-0.15, -0.1) is 11.6 Å². The molecule has 15 heavy (non-hydrogen) atoms. The summed E-state index contributed by atoms with van der Waals surface area (Å²) < 4.78 is 0. The Bertz CT molecular complexity index is 214. The van der Waals surface area contributed by atoms with Gasteiger partial charge < -0.3 is 10.4 Å². The first-order valence-corrected chi connectivity index (χ1v) is 6.46. The first-order valence-electron chi connectivity index (χ1n) is 4.77. The van der Waals surface area contributed by atoms with E-state index in [1.54, 1.807) is 11.8 Å². The first-order chi connectivity index (χ1) is 7.11. The van der Waals surface area contributed by atoms with Crippen LogP contribution in [0.4, 0.5) is 0 Å². The second kappa shape index (κ2) is 8.85. The van der Waals surface area contributed by atoms with Gasteiger partial charge in [0.1, 0.15) is 6.04 Å². The molecule has 0 aromatic rings. The fourth-order valence-electron chi connectivity index (χ4n) is 0.955. The van der Waals surface area contributed by atoms with Gasteiger partial charge in [0.25, 0.3) is 0 Å². The normalized spacial score (nSPS) is 12.1. The monoisotopic (exact) mass is 253 g/mol. The number of alkyl halides is 1. The summed E-state index contributed by atoms with van der Waals surface area (Å²) >= 11 is 7.03. The summed E-state index contributed by atoms with van der Waals surface area (Å²) in [7, 11) is 0. The highest BCUT2D eigenvalue weighted by atomic mass is 35.5. The minimum atomic E-state index is -0.991. The predicted octanol–water partition coefficient (Wildman–Crippen LogP) is 1.33. The molecule has 1 atom stereocenters. The molecule has 88 valence electrons. The van der Waals surface area contributed by atoms with Crippen LogP contribution in [0.15, 0.2) is 0 Å². The lowest BCUT2D eigenvalue weighted by atomic mass is 10.2. The molecular formula is C9H16ClNO3S. The van der Waals surface area contributed by atoms with E-state index in [0.29, 0.717) is 6.42 Å². The van der Waals surface area contributed by atoms with E-state index in [1.165, 1.54) is 0 Å². The van der Waals surface area contributed by atoms with Crippen molar-refractivity contribution in [1.82, 2.24) is 5.32 Å². The predicted molar refractivity (Wildman–Crippen MR) is 62.5 cm³/mol. The Kier molecular flexibility index (Phi) is 8.61. The number of amides is 1. The molecule has 0 aliphatic rings. The molecule has 0 spiro atoms. The number of rotatable bonds is 8. The molecule has 1 unspecified atom stereocenters. The van der Waals surface area contributed by atoms with Crippen LogP contribution in [0.5, 0.6) is 0 Å². The highest BCUT2D eigenvalue weighted by molar-refractivity contribution is 7.99. The number of carboxylic acids is 1. The minimum absolute atomic E-state index is 0.159. The van der Waals surface area contributed by atoms with Crippen molar-refractivity contribution in [2.75, 3.05) is 17.4 Å². The van der Waals surface area contributed by atoms with Gasteiger partial charge in [-0.2, -0.15) is 11.8 Å². The van der Waals surface area contributed by atoms with Crippen LogP contribution in [-0.4, -0.2) is 40.4 Å². The maximum Gasteiger partial charge on any atom is 0.326 e. The molecule has 1 amide bonds. The van der Waals surface area contributed by atoms with E-state index < -0.39 is 12.0 Å². The van der Waals surface area contributed by atoms with E-state index in [9.17, 15) is 9.59 Å². The molecule has 0 fully saturated rings. The summed E-state index contributed by atoms with van der Waals surface area (Å²) in [5, 5.41) is 11.3. The second-order valence-corrected chi connectivity index (χ2v) is 4.65. The molecule has 0 radical (unpaired) electrons. The molecule has 0 rings (SSSR count). The maximum absolute atomic E-state index is 11.1. The maximum atomic E-state index is 11.1. The molecule has 0 bridgehead atoms. The Balaban J connectivity index is 3.93. The van der Waals surface area contributed by atoms with Crippen LogP contribution in [0.2, 0.25) is 0 Å². The van der Waals surface area contributed by atoms with Crippen LogP contribution in [0.25, 0.3) is 0 Å². The lowest BCUT2D eigenvalue weighted by molar-refractivity contribution is -0.141. The van der Waals surface area contributed by atoms with E-state index in [1.807, 2.05) is 6.92 Å². The van der Waals surface area contributed by atoms with Crippen LogP contribution in [0, 0.1) is 0 Å². The Hall–Kier alpha value is -0.420. The van der Waals surface area contributed by atoms with Gasteiger partial charge in [-0.05, 0) is 17.9 Å². The number of halogens is 1. The van der Waals surface area contributed by atoms with Gasteiger partial charge in [0, 0.05) is 12.3 Å². The fourth-order valence-corrected chi connectivity index (χ4v) is 1.82. The van der Waals surface area contributed by atoms with Crippen molar-refractivity contribution in [2.45, 2.75) is 25.8 Å². The van der Waals surface area contributed by atoms with Crippen molar-refractivity contribution in [3.05, 3.63) is 0 Å². The largest absolute Gasteiger partial charge is 0.480 e. The quantitative estimate of drug-likeness (QED) is 0.506. The lowest BCUT2D eigenvalue weighted by Crippen LogP contribution is -2.41. The van der Waals surface area contributed by atoms with E-state index in [-0.39, 0.29) is 18.2 Å². The topological polar surface area (TPSA) is 66.4 Å². The molecule has 0 heterocycles. The average Bonchev–Trinajstić information content (AvgIpc) is 2.16. The van der Waals surface area contributed by atoms with E-state index in [2.05, 4.69) is 5.32 Å². The highest BCUT2D eigenvalue weighted by Crippen LogP contribution is 2.04. The molecule has 0 aromatic carbocycles. The van der Waals surface area contributed by atoms with Crippen molar-refractivity contribution in [1.29, 1.82) is 0 Å². The van der Waals surface area contributed by atoms with Crippen LogP contribution in [0.3, 0.4) is 0 Å². The van der Waals surface area contributed by atoms with E-state index in [0.717, 1.165) is 11.5 Å². The van der Waals surface area contributed by atoms with Crippen LogP contribution >= 0.6 is 23.4 Å². The zero-order valence-electron chi connectivity index (χ0n) is 8.66. The molecule has 2 N–H and O–H groups in total. The Morgan fingerprint density at radius 3 is 2.67 bits per heavy atom. The summed E-state index contributed by atoms with van der Waals surface area (Å²) in [6, 6.07) is -0.792. The van der Waals surface area contributed by atoms with Gasteiger partial charge in [-0.3, -0.25) is 4.79 Å². The van der Waals surface area contributed by atoms with Crippen LogP contribution < -0.4 is 5.32 Å². The van der Waals surface area contributed by atoms with Crippen molar-refractivity contribution in [3.63, 3.8) is 0 Å². The smallest absolute Gasteiger partial charge is 0.326 e. The van der Waals surface area contributed by atoms with Gasteiger partial charge in [0.15, 0.2) is 0 Å². The van der Waals surface area contributed by atoms with Gasteiger partial charge in [0.05, 0.1) is 0 Å². The number of hydrogen-bond donors (Lipinski definition) is 2. The number of carboxylic acid groups (broad SMARTS) is 1. The van der Waals surface area contributed by atoms with Gasteiger partial charge in [0.2, 0.25) is 5.91 Å². The number of hydrogen-bond acceptors (Lipinski definition) is 3.